The highest BCUT2D eigenvalue weighted by molar-refractivity contribution is 5.88. The molecule has 1 aliphatic rings. The summed E-state index contributed by atoms with van der Waals surface area (Å²) < 4.78 is 6.55. The first-order valence-corrected chi connectivity index (χ1v) is 3.77. The highest BCUT2D eigenvalue weighted by atomic mass is 16.5. The summed E-state index contributed by atoms with van der Waals surface area (Å²) in [4.78, 5) is 11.2. The quantitative estimate of drug-likeness (QED) is 0.584. The van der Waals surface area contributed by atoms with Gasteiger partial charge in [0, 0.05) is 12.2 Å². The summed E-state index contributed by atoms with van der Waals surface area (Å²) >= 11 is 0. The molecular weight excluding hydrogens is 154 g/mol. The monoisotopic (exact) mass is 163 g/mol. The summed E-state index contributed by atoms with van der Waals surface area (Å²) in [5.41, 5.74) is 1.69. The number of ether oxygens (including phenoxy) is 1. The average Bonchev–Trinajstić information content (AvgIpc) is 2.62. The SMILES string of the molecule is COC(=O)c1ccc2n1CC=C2. The van der Waals surface area contributed by atoms with E-state index in [2.05, 4.69) is 4.74 Å². The van der Waals surface area contributed by atoms with Crippen LogP contribution in [0.15, 0.2) is 18.2 Å². The van der Waals surface area contributed by atoms with Crippen molar-refractivity contribution in [1.82, 2.24) is 4.57 Å². The van der Waals surface area contributed by atoms with Crippen molar-refractivity contribution in [3.05, 3.63) is 29.6 Å². The third kappa shape index (κ3) is 0.863. The van der Waals surface area contributed by atoms with Gasteiger partial charge in [-0.3, -0.25) is 0 Å². The van der Waals surface area contributed by atoms with Gasteiger partial charge in [0.2, 0.25) is 0 Å². The summed E-state index contributed by atoms with van der Waals surface area (Å²) in [5.74, 6) is -0.273. The molecule has 2 heterocycles. The van der Waals surface area contributed by atoms with Crippen molar-refractivity contribution >= 4 is 12.0 Å². The van der Waals surface area contributed by atoms with Gasteiger partial charge in [0.05, 0.1) is 7.11 Å². The van der Waals surface area contributed by atoms with Crippen LogP contribution in [0.1, 0.15) is 16.2 Å². The van der Waals surface area contributed by atoms with Gasteiger partial charge in [0.1, 0.15) is 5.69 Å². The topological polar surface area (TPSA) is 31.2 Å². The third-order valence-electron chi connectivity index (χ3n) is 1.99. The first-order chi connectivity index (χ1) is 5.83. The average molecular weight is 163 g/mol. The molecule has 0 unspecified atom stereocenters. The van der Waals surface area contributed by atoms with Gasteiger partial charge in [0.25, 0.3) is 0 Å². The van der Waals surface area contributed by atoms with Crippen LogP contribution in [0.3, 0.4) is 0 Å². The summed E-state index contributed by atoms with van der Waals surface area (Å²) in [5, 5.41) is 0. The van der Waals surface area contributed by atoms with Crippen LogP contribution in [-0.2, 0) is 11.3 Å². The maximum atomic E-state index is 11.2. The molecule has 0 fully saturated rings. The molecule has 0 saturated heterocycles. The van der Waals surface area contributed by atoms with Gasteiger partial charge in [0.15, 0.2) is 0 Å². The minimum atomic E-state index is -0.273. The van der Waals surface area contributed by atoms with E-state index in [1.165, 1.54) is 7.11 Å². The minimum Gasteiger partial charge on any atom is -0.464 e. The van der Waals surface area contributed by atoms with Gasteiger partial charge in [-0.25, -0.2) is 4.79 Å². The van der Waals surface area contributed by atoms with Crippen molar-refractivity contribution in [2.75, 3.05) is 7.11 Å². The Morgan fingerprint density at radius 2 is 2.42 bits per heavy atom. The zero-order chi connectivity index (χ0) is 8.55. The number of nitrogens with zero attached hydrogens (tertiary/aromatic N) is 1. The van der Waals surface area contributed by atoms with Crippen LogP contribution in [0.5, 0.6) is 0 Å². The molecule has 1 aromatic rings. The Bertz CT molecular complexity index is 349. The van der Waals surface area contributed by atoms with Crippen LogP contribution in [0.2, 0.25) is 0 Å². The zero-order valence-corrected chi connectivity index (χ0v) is 6.78. The molecule has 0 amide bonds. The summed E-state index contributed by atoms with van der Waals surface area (Å²) in [7, 11) is 1.39. The molecule has 0 aliphatic carbocycles. The molecule has 0 saturated carbocycles. The van der Waals surface area contributed by atoms with Crippen LogP contribution in [-0.4, -0.2) is 17.6 Å². The number of hydrogen-bond acceptors (Lipinski definition) is 2. The Hall–Kier alpha value is -1.51. The van der Waals surface area contributed by atoms with Crippen molar-refractivity contribution in [3.63, 3.8) is 0 Å². The van der Waals surface area contributed by atoms with E-state index in [1.807, 2.05) is 22.8 Å². The molecule has 2 rings (SSSR count). The first kappa shape index (κ1) is 7.16. The van der Waals surface area contributed by atoms with Gasteiger partial charge in [-0.2, -0.15) is 0 Å². The fraction of sp³-hybridized carbons (Fsp3) is 0.222. The van der Waals surface area contributed by atoms with E-state index in [0.717, 1.165) is 12.2 Å². The second-order valence-electron chi connectivity index (χ2n) is 2.65. The molecule has 62 valence electrons. The lowest BCUT2D eigenvalue weighted by molar-refractivity contribution is 0.0589. The van der Waals surface area contributed by atoms with E-state index >= 15 is 0 Å². The fourth-order valence-electron chi connectivity index (χ4n) is 1.39. The number of fused-ring (bicyclic) bond motifs is 1. The normalized spacial score (nSPS) is 13.1. The van der Waals surface area contributed by atoms with Gasteiger partial charge < -0.3 is 9.30 Å². The minimum absolute atomic E-state index is 0.273. The lowest BCUT2D eigenvalue weighted by Gasteiger charge is -2.02. The Labute approximate surface area is 70.3 Å². The van der Waals surface area contributed by atoms with Crippen molar-refractivity contribution in [2.45, 2.75) is 6.54 Å². The Kier molecular flexibility index (Phi) is 1.50. The molecule has 3 nitrogen and oxygen atoms in total. The van der Waals surface area contributed by atoms with E-state index in [4.69, 9.17) is 0 Å². The third-order valence-corrected chi connectivity index (χ3v) is 1.99. The molecule has 0 spiro atoms. The molecule has 0 radical (unpaired) electrons. The van der Waals surface area contributed by atoms with Crippen molar-refractivity contribution in [2.24, 2.45) is 0 Å². The van der Waals surface area contributed by atoms with E-state index < -0.39 is 0 Å². The number of hydrogen-bond donors (Lipinski definition) is 0. The van der Waals surface area contributed by atoms with Gasteiger partial charge in [-0.05, 0) is 18.2 Å². The molecule has 0 N–H and O–H groups in total. The largest absolute Gasteiger partial charge is 0.464 e. The molecule has 1 aliphatic heterocycles. The van der Waals surface area contributed by atoms with Crippen LogP contribution >= 0.6 is 0 Å². The summed E-state index contributed by atoms with van der Waals surface area (Å²) in [6.45, 7) is 0.771. The molecule has 3 heteroatoms. The number of aromatic nitrogens is 1. The van der Waals surface area contributed by atoms with Gasteiger partial charge in [-0.1, -0.05) is 6.08 Å². The lowest BCUT2D eigenvalue weighted by Crippen LogP contribution is -2.08. The molecule has 0 atom stereocenters. The van der Waals surface area contributed by atoms with Crippen LogP contribution < -0.4 is 0 Å². The Balaban J connectivity index is 2.42. The smallest absolute Gasteiger partial charge is 0.354 e. The number of rotatable bonds is 1. The van der Waals surface area contributed by atoms with Crippen LogP contribution in [0.4, 0.5) is 0 Å². The highest BCUT2D eigenvalue weighted by Gasteiger charge is 2.15. The maximum Gasteiger partial charge on any atom is 0.354 e. The molecule has 0 bridgehead atoms. The van der Waals surface area contributed by atoms with E-state index in [-0.39, 0.29) is 5.97 Å². The van der Waals surface area contributed by atoms with E-state index in [9.17, 15) is 4.79 Å². The number of esters is 1. The van der Waals surface area contributed by atoms with Crippen LogP contribution in [0.25, 0.3) is 6.08 Å². The lowest BCUT2D eigenvalue weighted by atomic mass is 10.4. The molecule has 1 aromatic heterocycles. The summed E-state index contributed by atoms with van der Waals surface area (Å²) in [6.07, 6.45) is 4.01. The second-order valence-corrected chi connectivity index (χ2v) is 2.65. The van der Waals surface area contributed by atoms with Crippen molar-refractivity contribution in [1.29, 1.82) is 0 Å². The summed E-state index contributed by atoms with van der Waals surface area (Å²) in [6, 6.07) is 3.69. The highest BCUT2D eigenvalue weighted by Crippen LogP contribution is 2.17. The van der Waals surface area contributed by atoms with Gasteiger partial charge >= 0.3 is 5.97 Å². The Morgan fingerprint density at radius 1 is 1.58 bits per heavy atom. The second kappa shape index (κ2) is 2.52. The number of allylic oxidation sites excluding steroid dienone is 1. The van der Waals surface area contributed by atoms with E-state index in [0.29, 0.717) is 5.69 Å². The number of carbonyl (C=O) groups is 1. The zero-order valence-electron chi connectivity index (χ0n) is 6.78. The van der Waals surface area contributed by atoms with E-state index in [1.54, 1.807) is 6.07 Å². The van der Waals surface area contributed by atoms with Crippen molar-refractivity contribution in [3.8, 4) is 0 Å². The Morgan fingerprint density at radius 3 is 3.17 bits per heavy atom. The number of carbonyl (C=O) groups excluding carboxylic acids is 1. The molecule has 12 heavy (non-hydrogen) atoms. The molecule has 0 aromatic carbocycles. The molecular formula is C9H9NO2. The van der Waals surface area contributed by atoms with Crippen LogP contribution in [0, 0.1) is 0 Å². The maximum absolute atomic E-state index is 11.2. The predicted octanol–water partition coefficient (Wildman–Crippen LogP) is 1.30. The van der Waals surface area contributed by atoms with Crippen molar-refractivity contribution < 1.29 is 9.53 Å². The first-order valence-electron chi connectivity index (χ1n) is 3.77. The fourth-order valence-corrected chi connectivity index (χ4v) is 1.39. The standard InChI is InChI=1S/C9H9NO2/c1-12-9(11)8-5-4-7-3-2-6-10(7)8/h2-5H,6H2,1H3. The number of methoxy groups -OCH3 is 1. The predicted molar refractivity (Wildman–Crippen MR) is 44.8 cm³/mol. The van der Waals surface area contributed by atoms with Gasteiger partial charge in [-0.15, -0.1) is 0 Å².